The van der Waals surface area contributed by atoms with Gasteiger partial charge in [0.2, 0.25) is 0 Å². The maximum atomic E-state index is 5.97. The van der Waals surface area contributed by atoms with Crippen molar-refractivity contribution in [2.75, 3.05) is 13.7 Å². The Morgan fingerprint density at radius 2 is 2.20 bits per heavy atom. The third-order valence-corrected chi connectivity index (χ3v) is 2.38. The molecular formula is C11H16ClNO2. The number of halogens is 1. The molecule has 2 N–H and O–H groups in total. The van der Waals surface area contributed by atoms with Gasteiger partial charge in [-0.05, 0) is 24.6 Å². The number of nitrogens with two attached hydrogens (primary N) is 1. The lowest BCUT2D eigenvalue weighted by molar-refractivity contribution is 0.0590. The van der Waals surface area contributed by atoms with Gasteiger partial charge >= 0.3 is 0 Å². The minimum atomic E-state index is 0.0610. The van der Waals surface area contributed by atoms with Crippen LogP contribution in [0.3, 0.4) is 0 Å². The van der Waals surface area contributed by atoms with Crippen molar-refractivity contribution < 1.29 is 9.47 Å². The Morgan fingerprint density at radius 1 is 1.47 bits per heavy atom. The van der Waals surface area contributed by atoms with Crippen molar-refractivity contribution in [1.29, 1.82) is 0 Å². The summed E-state index contributed by atoms with van der Waals surface area (Å²) in [5.74, 6) is 0.673. The standard InChI is InChI=1S/C11H16ClNO2/c1-8(6-13)15-7-9-3-4-11(14-2)10(12)5-9/h3-5,8H,6-7,13H2,1-2H3. The van der Waals surface area contributed by atoms with Gasteiger partial charge in [-0.15, -0.1) is 0 Å². The van der Waals surface area contributed by atoms with Gasteiger partial charge in [0.1, 0.15) is 5.75 Å². The lowest BCUT2D eigenvalue weighted by Crippen LogP contribution is -2.19. The fourth-order valence-corrected chi connectivity index (χ4v) is 1.39. The van der Waals surface area contributed by atoms with Crippen LogP contribution in [-0.2, 0) is 11.3 Å². The van der Waals surface area contributed by atoms with Crippen LogP contribution in [-0.4, -0.2) is 19.8 Å². The molecule has 4 heteroatoms. The Balaban J connectivity index is 2.59. The molecule has 0 aliphatic carbocycles. The molecule has 1 aromatic rings. The van der Waals surface area contributed by atoms with Crippen molar-refractivity contribution in [3.8, 4) is 5.75 Å². The van der Waals surface area contributed by atoms with Crippen molar-refractivity contribution in [2.24, 2.45) is 5.73 Å². The molecule has 0 aromatic heterocycles. The summed E-state index contributed by atoms with van der Waals surface area (Å²) in [5, 5.41) is 0.596. The van der Waals surface area contributed by atoms with Crippen LogP contribution in [0.25, 0.3) is 0 Å². The van der Waals surface area contributed by atoms with E-state index < -0.39 is 0 Å². The van der Waals surface area contributed by atoms with Gasteiger partial charge in [-0.2, -0.15) is 0 Å². The van der Waals surface area contributed by atoms with Crippen LogP contribution in [0, 0.1) is 0 Å². The molecule has 0 aliphatic heterocycles. The number of benzene rings is 1. The smallest absolute Gasteiger partial charge is 0.137 e. The highest BCUT2D eigenvalue weighted by molar-refractivity contribution is 6.32. The summed E-state index contributed by atoms with van der Waals surface area (Å²) >= 11 is 5.97. The summed E-state index contributed by atoms with van der Waals surface area (Å²) in [6.45, 7) is 2.97. The summed E-state index contributed by atoms with van der Waals surface area (Å²) in [6.07, 6.45) is 0.0610. The summed E-state index contributed by atoms with van der Waals surface area (Å²) in [6, 6.07) is 5.59. The maximum absolute atomic E-state index is 5.97. The SMILES string of the molecule is COc1ccc(COC(C)CN)cc1Cl. The van der Waals surface area contributed by atoms with Gasteiger partial charge in [-0.3, -0.25) is 0 Å². The average molecular weight is 230 g/mol. The van der Waals surface area contributed by atoms with E-state index in [1.165, 1.54) is 0 Å². The predicted molar refractivity (Wildman–Crippen MR) is 61.3 cm³/mol. The molecule has 0 fully saturated rings. The third-order valence-electron chi connectivity index (χ3n) is 2.08. The Bertz CT molecular complexity index is 317. The highest BCUT2D eigenvalue weighted by Gasteiger charge is 2.03. The quantitative estimate of drug-likeness (QED) is 0.842. The van der Waals surface area contributed by atoms with E-state index in [-0.39, 0.29) is 6.10 Å². The highest BCUT2D eigenvalue weighted by atomic mass is 35.5. The van der Waals surface area contributed by atoms with Gasteiger partial charge in [-0.25, -0.2) is 0 Å². The van der Waals surface area contributed by atoms with E-state index in [1.807, 2.05) is 25.1 Å². The second-order valence-corrected chi connectivity index (χ2v) is 3.73. The first kappa shape index (κ1) is 12.3. The van der Waals surface area contributed by atoms with E-state index in [4.69, 9.17) is 26.8 Å². The molecule has 0 bridgehead atoms. The van der Waals surface area contributed by atoms with Gasteiger partial charge in [0, 0.05) is 6.54 Å². The van der Waals surface area contributed by atoms with Crippen LogP contribution < -0.4 is 10.5 Å². The number of hydrogen-bond acceptors (Lipinski definition) is 3. The van der Waals surface area contributed by atoms with Gasteiger partial charge in [0.15, 0.2) is 0 Å². The molecule has 0 amide bonds. The zero-order valence-corrected chi connectivity index (χ0v) is 9.75. The molecule has 1 rings (SSSR count). The van der Waals surface area contributed by atoms with E-state index in [0.29, 0.717) is 23.9 Å². The van der Waals surface area contributed by atoms with Crippen molar-refractivity contribution >= 4 is 11.6 Å². The molecule has 1 aromatic carbocycles. The lowest BCUT2D eigenvalue weighted by atomic mass is 10.2. The summed E-state index contributed by atoms with van der Waals surface area (Å²) in [5.41, 5.74) is 6.46. The van der Waals surface area contributed by atoms with E-state index in [9.17, 15) is 0 Å². The molecule has 3 nitrogen and oxygen atoms in total. The maximum Gasteiger partial charge on any atom is 0.137 e. The molecule has 0 radical (unpaired) electrons. The van der Waals surface area contributed by atoms with E-state index in [0.717, 1.165) is 5.56 Å². The second-order valence-electron chi connectivity index (χ2n) is 3.33. The minimum Gasteiger partial charge on any atom is -0.495 e. The molecule has 1 unspecified atom stereocenters. The zero-order chi connectivity index (χ0) is 11.3. The van der Waals surface area contributed by atoms with Gasteiger partial charge in [-0.1, -0.05) is 17.7 Å². The molecule has 0 saturated carbocycles. The molecule has 0 aliphatic rings. The molecule has 15 heavy (non-hydrogen) atoms. The molecule has 84 valence electrons. The molecule has 0 spiro atoms. The predicted octanol–water partition coefficient (Wildman–Crippen LogP) is 2.21. The van der Waals surface area contributed by atoms with Crippen LogP contribution in [0.5, 0.6) is 5.75 Å². The van der Waals surface area contributed by atoms with Crippen molar-refractivity contribution in [1.82, 2.24) is 0 Å². The van der Waals surface area contributed by atoms with E-state index >= 15 is 0 Å². The monoisotopic (exact) mass is 229 g/mol. The summed E-state index contributed by atoms with van der Waals surface area (Å²) < 4.78 is 10.5. The number of methoxy groups -OCH3 is 1. The minimum absolute atomic E-state index is 0.0610. The van der Waals surface area contributed by atoms with E-state index in [2.05, 4.69) is 0 Å². The molecule has 1 atom stereocenters. The fourth-order valence-electron chi connectivity index (χ4n) is 1.11. The van der Waals surface area contributed by atoms with Gasteiger partial charge < -0.3 is 15.2 Å². The topological polar surface area (TPSA) is 44.5 Å². The van der Waals surface area contributed by atoms with Crippen LogP contribution in [0.15, 0.2) is 18.2 Å². The van der Waals surface area contributed by atoms with Gasteiger partial charge in [0.25, 0.3) is 0 Å². The normalized spacial score (nSPS) is 12.5. The zero-order valence-electron chi connectivity index (χ0n) is 9.00. The summed E-state index contributed by atoms with van der Waals surface area (Å²) in [7, 11) is 1.59. The Labute approximate surface area is 95.1 Å². The van der Waals surface area contributed by atoms with Crippen LogP contribution >= 0.6 is 11.6 Å². The number of hydrogen-bond donors (Lipinski definition) is 1. The summed E-state index contributed by atoms with van der Waals surface area (Å²) in [4.78, 5) is 0. The molecule has 0 saturated heterocycles. The Morgan fingerprint density at radius 3 is 2.73 bits per heavy atom. The lowest BCUT2D eigenvalue weighted by Gasteiger charge is -2.11. The number of rotatable bonds is 5. The third kappa shape index (κ3) is 3.70. The Kier molecular flexibility index (Phi) is 4.88. The fraction of sp³-hybridized carbons (Fsp3) is 0.455. The van der Waals surface area contributed by atoms with Crippen LogP contribution in [0.1, 0.15) is 12.5 Å². The van der Waals surface area contributed by atoms with Crippen LogP contribution in [0.4, 0.5) is 0 Å². The Hall–Kier alpha value is -0.770. The molecular weight excluding hydrogens is 214 g/mol. The first-order valence-corrected chi connectivity index (χ1v) is 5.19. The van der Waals surface area contributed by atoms with E-state index in [1.54, 1.807) is 7.11 Å². The van der Waals surface area contributed by atoms with Crippen LogP contribution in [0.2, 0.25) is 5.02 Å². The van der Waals surface area contributed by atoms with Crippen molar-refractivity contribution in [3.05, 3.63) is 28.8 Å². The van der Waals surface area contributed by atoms with Gasteiger partial charge in [0.05, 0.1) is 24.8 Å². The molecule has 0 heterocycles. The van der Waals surface area contributed by atoms with Crippen molar-refractivity contribution in [3.63, 3.8) is 0 Å². The first-order valence-electron chi connectivity index (χ1n) is 4.81. The highest BCUT2D eigenvalue weighted by Crippen LogP contribution is 2.25. The number of ether oxygens (including phenoxy) is 2. The second kappa shape index (κ2) is 5.95. The average Bonchev–Trinajstić information content (AvgIpc) is 2.26. The van der Waals surface area contributed by atoms with Crippen molar-refractivity contribution in [2.45, 2.75) is 19.6 Å². The first-order chi connectivity index (χ1) is 7.17. The largest absolute Gasteiger partial charge is 0.495 e.